The molecule has 1 aromatic rings. The van der Waals surface area contributed by atoms with Crippen LogP contribution in [-0.2, 0) is 9.53 Å². The molecule has 0 aliphatic carbocycles. The van der Waals surface area contributed by atoms with Crippen molar-refractivity contribution in [3.8, 4) is 0 Å². The first-order valence-corrected chi connectivity index (χ1v) is 6.10. The molecule has 6 heteroatoms. The third kappa shape index (κ3) is 6.01. The molecule has 0 spiro atoms. The minimum Gasteiger partial charge on any atom is -0.466 e. The summed E-state index contributed by atoms with van der Waals surface area (Å²) in [6.45, 7) is 1.49. The Morgan fingerprint density at radius 2 is 2.05 bits per heavy atom. The fraction of sp³-hybridized carbons (Fsp3) is 0.308. The second kappa shape index (κ2) is 7.53. The van der Waals surface area contributed by atoms with E-state index in [0.717, 1.165) is 0 Å². The number of hydrogen-bond donors (Lipinski definition) is 0. The lowest BCUT2D eigenvalue weighted by atomic mass is 10.1. The van der Waals surface area contributed by atoms with Crippen LogP contribution in [0.2, 0.25) is 5.02 Å². The van der Waals surface area contributed by atoms with Crippen molar-refractivity contribution >= 4 is 23.6 Å². The van der Waals surface area contributed by atoms with E-state index in [9.17, 15) is 14.9 Å². The Bertz CT molecular complexity index is 482. The van der Waals surface area contributed by atoms with Gasteiger partial charge in [0.15, 0.2) is 0 Å². The first kappa shape index (κ1) is 15.2. The van der Waals surface area contributed by atoms with Gasteiger partial charge in [-0.3, -0.25) is 14.9 Å². The molecule has 102 valence electrons. The van der Waals surface area contributed by atoms with Crippen molar-refractivity contribution in [1.29, 1.82) is 0 Å². The Morgan fingerprint density at radius 3 is 2.58 bits per heavy atom. The molecular formula is C13H14ClNO4. The fourth-order valence-corrected chi connectivity index (χ4v) is 1.56. The van der Waals surface area contributed by atoms with Gasteiger partial charge in [-0.1, -0.05) is 23.7 Å². The number of nitrogens with zero attached hydrogens (tertiary/aromatic N) is 1. The molecule has 5 nitrogen and oxygen atoms in total. The molecule has 0 saturated heterocycles. The van der Waals surface area contributed by atoms with Crippen LogP contribution in [0.1, 0.15) is 25.3 Å². The number of esters is 1. The van der Waals surface area contributed by atoms with Crippen molar-refractivity contribution < 1.29 is 14.5 Å². The molecule has 0 aliphatic rings. The van der Waals surface area contributed by atoms with Crippen molar-refractivity contribution in [3.05, 3.63) is 50.7 Å². The highest BCUT2D eigenvalue weighted by molar-refractivity contribution is 6.30. The maximum absolute atomic E-state index is 10.9. The second-order valence-corrected chi connectivity index (χ2v) is 4.32. The zero-order chi connectivity index (χ0) is 14.3. The number of ether oxygens (including phenoxy) is 1. The fourth-order valence-electron chi connectivity index (χ4n) is 1.44. The zero-order valence-corrected chi connectivity index (χ0v) is 11.2. The minimum atomic E-state index is -0.428. The van der Waals surface area contributed by atoms with Crippen LogP contribution < -0.4 is 0 Å². The summed E-state index contributed by atoms with van der Waals surface area (Å²) < 4.78 is 4.73. The van der Waals surface area contributed by atoms with E-state index in [1.54, 1.807) is 24.3 Å². The predicted molar refractivity (Wildman–Crippen MR) is 72.3 cm³/mol. The maximum atomic E-state index is 10.9. The van der Waals surface area contributed by atoms with Gasteiger partial charge in [-0.15, -0.1) is 0 Å². The highest BCUT2D eigenvalue weighted by Gasteiger charge is 2.10. The summed E-state index contributed by atoms with van der Waals surface area (Å²) in [6, 6.07) is 6.75. The number of allylic oxidation sites excluding steroid dienone is 1. The smallest absolute Gasteiger partial charge is 0.302 e. The van der Waals surface area contributed by atoms with Crippen LogP contribution >= 0.6 is 11.6 Å². The number of carbonyl (C=O) groups is 1. The Kier molecular flexibility index (Phi) is 6.02. The third-order valence-electron chi connectivity index (χ3n) is 2.32. The molecular weight excluding hydrogens is 270 g/mol. The van der Waals surface area contributed by atoms with Crippen LogP contribution in [0, 0.1) is 10.1 Å². The number of rotatable bonds is 6. The Labute approximate surface area is 116 Å². The van der Waals surface area contributed by atoms with Crippen molar-refractivity contribution in [2.45, 2.75) is 19.8 Å². The topological polar surface area (TPSA) is 69.4 Å². The van der Waals surface area contributed by atoms with Crippen LogP contribution in [0.4, 0.5) is 0 Å². The molecule has 0 bridgehead atoms. The minimum absolute atomic E-state index is 0.0782. The van der Waals surface area contributed by atoms with Crippen LogP contribution in [0.25, 0.3) is 6.08 Å². The number of carbonyl (C=O) groups excluding carboxylic acids is 1. The number of hydrogen-bond acceptors (Lipinski definition) is 4. The Balaban J connectivity index is 2.64. The number of nitro groups is 1. The van der Waals surface area contributed by atoms with E-state index < -0.39 is 4.92 Å². The molecule has 0 atom stereocenters. The number of halogens is 1. The molecule has 1 rings (SSSR count). The molecule has 0 aromatic heterocycles. The number of benzene rings is 1. The van der Waals surface area contributed by atoms with Crippen LogP contribution in [0.15, 0.2) is 30.0 Å². The SMILES string of the molecule is CC(=O)OCCC/C(=C\c1ccc(Cl)cc1)[N+](=O)[O-]. The molecule has 0 heterocycles. The monoisotopic (exact) mass is 283 g/mol. The van der Waals surface area contributed by atoms with Crippen molar-refractivity contribution in [3.63, 3.8) is 0 Å². The summed E-state index contributed by atoms with van der Waals surface area (Å²) in [6.07, 6.45) is 2.15. The van der Waals surface area contributed by atoms with Crippen molar-refractivity contribution in [1.82, 2.24) is 0 Å². The molecule has 19 heavy (non-hydrogen) atoms. The quantitative estimate of drug-likeness (QED) is 0.348. The molecule has 0 fully saturated rings. The second-order valence-electron chi connectivity index (χ2n) is 3.89. The summed E-state index contributed by atoms with van der Waals surface area (Å²) >= 11 is 5.74. The van der Waals surface area contributed by atoms with E-state index in [0.29, 0.717) is 17.0 Å². The van der Waals surface area contributed by atoms with Gasteiger partial charge in [-0.25, -0.2) is 0 Å². The van der Waals surface area contributed by atoms with Gasteiger partial charge >= 0.3 is 5.97 Å². The van der Waals surface area contributed by atoms with Gasteiger partial charge in [0.05, 0.1) is 11.5 Å². The molecule has 1 aromatic carbocycles. The molecule has 0 unspecified atom stereocenters. The Morgan fingerprint density at radius 1 is 1.42 bits per heavy atom. The van der Waals surface area contributed by atoms with E-state index >= 15 is 0 Å². The van der Waals surface area contributed by atoms with E-state index in [1.807, 2.05) is 0 Å². The first-order chi connectivity index (χ1) is 8.99. The van der Waals surface area contributed by atoms with Gasteiger partial charge in [0.2, 0.25) is 5.70 Å². The van der Waals surface area contributed by atoms with Gasteiger partial charge in [-0.2, -0.15) is 0 Å². The highest BCUT2D eigenvalue weighted by atomic mass is 35.5. The Hall–Kier alpha value is -1.88. The molecule has 0 aliphatic heterocycles. The summed E-state index contributed by atoms with van der Waals surface area (Å²) in [7, 11) is 0. The summed E-state index contributed by atoms with van der Waals surface area (Å²) in [5.74, 6) is -0.385. The normalized spacial score (nSPS) is 11.2. The maximum Gasteiger partial charge on any atom is 0.302 e. The van der Waals surface area contributed by atoms with E-state index in [1.165, 1.54) is 13.0 Å². The molecule has 0 radical (unpaired) electrons. The van der Waals surface area contributed by atoms with Crippen molar-refractivity contribution in [2.24, 2.45) is 0 Å². The average molecular weight is 284 g/mol. The zero-order valence-electron chi connectivity index (χ0n) is 10.5. The van der Waals surface area contributed by atoms with Crippen molar-refractivity contribution in [2.75, 3.05) is 6.61 Å². The van der Waals surface area contributed by atoms with Gasteiger partial charge < -0.3 is 4.74 Å². The molecule has 0 N–H and O–H groups in total. The largest absolute Gasteiger partial charge is 0.466 e. The van der Waals surface area contributed by atoms with E-state index in [-0.39, 0.29) is 24.7 Å². The highest BCUT2D eigenvalue weighted by Crippen LogP contribution is 2.15. The first-order valence-electron chi connectivity index (χ1n) is 5.73. The van der Waals surface area contributed by atoms with E-state index in [2.05, 4.69) is 0 Å². The van der Waals surface area contributed by atoms with Gasteiger partial charge in [0.1, 0.15) is 0 Å². The van der Waals surface area contributed by atoms with Gasteiger partial charge in [0, 0.05) is 24.4 Å². The summed E-state index contributed by atoms with van der Waals surface area (Å²) in [5.41, 5.74) is 0.790. The van der Waals surface area contributed by atoms with E-state index in [4.69, 9.17) is 16.3 Å². The predicted octanol–water partition coefficient (Wildman–Crippen LogP) is 3.30. The van der Waals surface area contributed by atoms with Gasteiger partial charge in [-0.05, 0) is 24.1 Å². The molecule has 0 saturated carbocycles. The van der Waals surface area contributed by atoms with Crippen LogP contribution in [-0.4, -0.2) is 17.5 Å². The summed E-state index contributed by atoms with van der Waals surface area (Å²) in [4.78, 5) is 21.0. The average Bonchev–Trinajstić information content (AvgIpc) is 2.35. The van der Waals surface area contributed by atoms with Crippen LogP contribution in [0.3, 0.4) is 0 Å². The van der Waals surface area contributed by atoms with Crippen LogP contribution in [0.5, 0.6) is 0 Å². The lowest BCUT2D eigenvalue weighted by molar-refractivity contribution is -0.426. The lowest BCUT2D eigenvalue weighted by Gasteiger charge is -2.01. The third-order valence-corrected chi connectivity index (χ3v) is 2.57. The summed E-state index contributed by atoms with van der Waals surface area (Å²) in [5, 5.41) is 11.5. The van der Waals surface area contributed by atoms with Gasteiger partial charge in [0.25, 0.3) is 0 Å². The standard InChI is InChI=1S/C13H14ClNO4/c1-10(16)19-8-2-3-13(15(17)18)9-11-4-6-12(14)7-5-11/h4-7,9H,2-3,8H2,1H3/b13-9+. The lowest BCUT2D eigenvalue weighted by Crippen LogP contribution is -2.04. The molecule has 0 amide bonds.